The summed E-state index contributed by atoms with van der Waals surface area (Å²) in [6.45, 7) is 9.27. The van der Waals surface area contributed by atoms with Crippen molar-refractivity contribution in [2.24, 2.45) is 0 Å². The maximum atomic E-state index is 2.56. The van der Waals surface area contributed by atoms with E-state index < -0.39 is 5.41 Å². The standard InChI is InChI=1S/C79H54N4/c1-47-31-39-65-77(49(47)3)78-50(4)48(2)32-40-66(78)79(65)67-41-55(82-71-29-17-13-25-59(71)63-43-61-57-23-11-15-27-69(57)80(73(61)45-75(63)82)53-19-7-5-8-20-53)37-35-51(67)33-34-52-36-38-56(42-68(52)79)83-72-30-18-14-26-60(72)64-44-62-58-24-12-16-28-70(58)81(74(62)46-76(64)83)54-21-9-6-10-22-54/h5-46H,1-4H3. The lowest BCUT2D eigenvalue weighted by Crippen LogP contribution is -2.30. The zero-order chi connectivity index (χ0) is 55.0. The van der Waals surface area contributed by atoms with Gasteiger partial charge in [0.25, 0.3) is 0 Å². The van der Waals surface area contributed by atoms with E-state index in [2.05, 4.69) is 301 Å². The van der Waals surface area contributed by atoms with Crippen molar-refractivity contribution in [3.05, 3.63) is 298 Å². The van der Waals surface area contributed by atoms with E-state index in [4.69, 9.17) is 0 Å². The van der Waals surface area contributed by atoms with Gasteiger partial charge >= 0.3 is 0 Å². The van der Waals surface area contributed by atoms with Crippen LogP contribution in [0.25, 0.3) is 133 Å². The van der Waals surface area contributed by atoms with E-state index in [-0.39, 0.29) is 0 Å². The summed E-state index contributed by atoms with van der Waals surface area (Å²) < 4.78 is 9.98. The molecule has 390 valence electrons. The molecule has 0 radical (unpaired) electrons. The van der Waals surface area contributed by atoms with Crippen molar-refractivity contribution in [2.75, 3.05) is 0 Å². The lowest BCUT2D eigenvalue weighted by Gasteiger charge is -2.36. The molecule has 0 atom stereocenters. The van der Waals surface area contributed by atoms with Gasteiger partial charge in [-0.1, -0.05) is 158 Å². The Hall–Kier alpha value is -10.4. The predicted molar refractivity (Wildman–Crippen MR) is 349 cm³/mol. The van der Waals surface area contributed by atoms with Gasteiger partial charge in [-0.05, 0) is 192 Å². The molecule has 0 bridgehead atoms. The number of fused-ring (bicyclic) bond motifs is 21. The molecule has 4 heterocycles. The molecule has 4 aromatic heterocycles. The van der Waals surface area contributed by atoms with Crippen molar-refractivity contribution in [3.63, 3.8) is 0 Å². The van der Waals surface area contributed by atoms with Crippen LogP contribution < -0.4 is 0 Å². The van der Waals surface area contributed by atoms with Crippen LogP contribution in [0.15, 0.2) is 243 Å². The van der Waals surface area contributed by atoms with Crippen molar-refractivity contribution in [3.8, 4) is 33.9 Å². The van der Waals surface area contributed by atoms with Crippen LogP contribution in [0.5, 0.6) is 0 Å². The quantitative estimate of drug-likeness (QED) is 0.167. The monoisotopic (exact) mass is 1060 g/mol. The van der Waals surface area contributed by atoms with Gasteiger partial charge in [0, 0.05) is 65.8 Å². The first-order chi connectivity index (χ1) is 40.8. The van der Waals surface area contributed by atoms with E-state index in [0.29, 0.717) is 0 Å². The highest BCUT2D eigenvalue weighted by atomic mass is 15.0. The van der Waals surface area contributed by atoms with Gasteiger partial charge in [-0.15, -0.1) is 0 Å². The van der Waals surface area contributed by atoms with Crippen molar-refractivity contribution in [1.29, 1.82) is 0 Å². The third kappa shape index (κ3) is 6.09. The molecule has 0 saturated carbocycles. The molecule has 0 saturated heterocycles. The summed E-state index contributed by atoms with van der Waals surface area (Å²) >= 11 is 0. The fourth-order valence-corrected chi connectivity index (χ4v) is 15.4. The van der Waals surface area contributed by atoms with Gasteiger partial charge in [-0.3, -0.25) is 0 Å². The van der Waals surface area contributed by atoms with Gasteiger partial charge in [-0.25, -0.2) is 0 Å². The van der Waals surface area contributed by atoms with E-state index in [0.717, 1.165) is 22.7 Å². The van der Waals surface area contributed by atoms with Crippen LogP contribution >= 0.6 is 0 Å². The van der Waals surface area contributed by atoms with Crippen molar-refractivity contribution < 1.29 is 0 Å². The van der Waals surface area contributed by atoms with Crippen molar-refractivity contribution >= 4 is 99.4 Å². The Labute approximate surface area is 480 Å². The Morgan fingerprint density at radius 1 is 0.241 bits per heavy atom. The molecule has 18 rings (SSSR count). The van der Waals surface area contributed by atoms with Crippen LogP contribution in [0.3, 0.4) is 0 Å². The highest BCUT2D eigenvalue weighted by molar-refractivity contribution is 6.21. The molecule has 0 fully saturated rings. The summed E-state index contributed by atoms with van der Waals surface area (Å²) in [5, 5.41) is 9.96. The normalized spacial score (nSPS) is 13.3. The first-order valence-corrected chi connectivity index (χ1v) is 29.1. The van der Waals surface area contributed by atoms with Gasteiger partial charge in [-0.2, -0.15) is 0 Å². The molecule has 83 heavy (non-hydrogen) atoms. The fraction of sp³-hybridized carbons (Fsp3) is 0.0633. The smallest absolute Gasteiger partial charge is 0.0726 e. The maximum absolute atomic E-state index is 2.56. The second kappa shape index (κ2) is 16.8. The molecule has 4 nitrogen and oxygen atoms in total. The number of rotatable bonds is 4. The molecule has 16 aromatic rings. The topological polar surface area (TPSA) is 19.7 Å². The average Bonchev–Trinajstić information content (AvgIpc) is 1.62. The van der Waals surface area contributed by atoms with Crippen LogP contribution in [0.2, 0.25) is 0 Å². The minimum atomic E-state index is -0.723. The van der Waals surface area contributed by atoms with Gasteiger partial charge in [0.05, 0.1) is 49.5 Å². The molecule has 0 N–H and O–H groups in total. The minimum Gasteiger partial charge on any atom is -0.309 e. The number of aromatic nitrogens is 4. The third-order valence-electron chi connectivity index (χ3n) is 19.3. The van der Waals surface area contributed by atoms with Crippen LogP contribution in [0.1, 0.15) is 55.6 Å². The lowest BCUT2D eigenvalue weighted by atomic mass is 9.65. The maximum Gasteiger partial charge on any atom is 0.0726 e. The Morgan fingerprint density at radius 2 is 0.566 bits per heavy atom. The number of hydrogen-bond acceptors (Lipinski definition) is 0. The summed E-state index contributed by atoms with van der Waals surface area (Å²) in [5.74, 6) is 0. The molecular weight excluding hydrogens is 1000 g/mol. The zero-order valence-electron chi connectivity index (χ0n) is 46.5. The Kier molecular flexibility index (Phi) is 9.39. The predicted octanol–water partition coefficient (Wildman–Crippen LogP) is 20.2. The van der Waals surface area contributed by atoms with Crippen LogP contribution in [-0.2, 0) is 5.41 Å². The van der Waals surface area contributed by atoms with E-state index >= 15 is 0 Å². The fourth-order valence-electron chi connectivity index (χ4n) is 15.4. The Bertz CT molecular complexity index is 5200. The average molecular weight is 1060 g/mol. The summed E-state index contributed by atoms with van der Waals surface area (Å²) in [6.07, 6.45) is 4.78. The van der Waals surface area contributed by atoms with Gasteiger partial charge in [0.2, 0.25) is 0 Å². The summed E-state index contributed by atoms with van der Waals surface area (Å²) in [5.41, 5.74) is 29.0. The van der Waals surface area contributed by atoms with Crippen molar-refractivity contribution in [1.82, 2.24) is 18.3 Å². The highest BCUT2D eigenvalue weighted by Gasteiger charge is 2.50. The molecule has 2 aliphatic carbocycles. The Balaban J connectivity index is 0.947. The molecule has 0 amide bonds. The first-order valence-electron chi connectivity index (χ1n) is 29.1. The molecule has 4 heteroatoms. The van der Waals surface area contributed by atoms with Crippen LogP contribution in [-0.4, -0.2) is 18.3 Å². The number of aryl methyl sites for hydroxylation is 2. The Morgan fingerprint density at radius 3 is 0.928 bits per heavy atom. The van der Waals surface area contributed by atoms with E-state index in [1.807, 2.05) is 0 Å². The minimum absolute atomic E-state index is 0.723. The van der Waals surface area contributed by atoms with Gasteiger partial charge in [0.1, 0.15) is 0 Å². The molecule has 0 aliphatic heterocycles. The van der Waals surface area contributed by atoms with Crippen LogP contribution in [0, 0.1) is 27.7 Å². The summed E-state index contributed by atoms with van der Waals surface area (Å²) in [6, 6.07) is 91.6. The zero-order valence-corrected chi connectivity index (χ0v) is 46.5. The molecule has 1 spiro atoms. The largest absolute Gasteiger partial charge is 0.309 e. The molecule has 0 unspecified atom stereocenters. The van der Waals surface area contributed by atoms with E-state index in [9.17, 15) is 0 Å². The van der Waals surface area contributed by atoms with Crippen LogP contribution in [0.4, 0.5) is 0 Å². The number of benzene rings is 12. The summed E-state index contributed by atoms with van der Waals surface area (Å²) in [4.78, 5) is 0. The molecule has 2 aliphatic rings. The SMILES string of the molecule is Cc1ccc2c(c1C)-c1c(ccc(C)c1C)C21c2cc(-n3c4ccccc4c4cc5c6ccccc6n(-c6ccccc6)c5cc43)ccc2C=Cc2ccc(-n3c4ccccc4c4cc5c6ccccc6n(-c6ccccc6)c5cc43)cc21. The lowest BCUT2D eigenvalue weighted by molar-refractivity contribution is 0.762. The highest BCUT2D eigenvalue weighted by Crippen LogP contribution is 2.61. The molecule has 12 aromatic carbocycles. The van der Waals surface area contributed by atoms with E-state index in [1.165, 1.54) is 154 Å². The van der Waals surface area contributed by atoms with Gasteiger partial charge < -0.3 is 18.3 Å². The second-order valence-electron chi connectivity index (χ2n) is 23.3. The van der Waals surface area contributed by atoms with Gasteiger partial charge in [0.15, 0.2) is 0 Å². The third-order valence-corrected chi connectivity index (χ3v) is 19.3. The number of hydrogen-bond donors (Lipinski definition) is 0. The number of para-hydroxylation sites is 6. The van der Waals surface area contributed by atoms with E-state index in [1.54, 1.807) is 0 Å². The number of nitrogens with zero attached hydrogens (tertiary/aromatic N) is 4. The summed E-state index contributed by atoms with van der Waals surface area (Å²) in [7, 11) is 0. The van der Waals surface area contributed by atoms with Crippen molar-refractivity contribution in [2.45, 2.75) is 33.1 Å². The second-order valence-corrected chi connectivity index (χ2v) is 23.3. The molecular formula is C79H54N4. The first kappa shape index (κ1) is 46.3.